The molecule has 0 aliphatic carbocycles. The number of ether oxygens (including phenoxy) is 1. The van der Waals surface area contributed by atoms with Gasteiger partial charge in [-0.1, -0.05) is 0 Å². The molecule has 1 atom stereocenters. The summed E-state index contributed by atoms with van der Waals surface area (Å²) in [6.45, 7) is 1.79. The Morgan fingerprint density at radius 1 is 1.55 bits per heavy atom. The van der Waals surface area contributed by atoms with Crippen molar-refractivity contribution in [2.24, 2.45) is 0 Å². The van der Waals surface area contributed by atoms with E-state index in [9.17, 15) is 13.2 Å². The normalized spacial score (nSPS) is 13.5. The number of esters is 1. The predicted molar refractivity (Wildman–Crippen MR) is 88.1 cm³/mol. The van der Waals surface area contributed by atoms with Crippen molar-refractivity contribution in [2.75, 3.05) is 21.3 Å². The van der Waals surface area contributed by atoms with Crippen LogP contribution < -0.4 is 3.53 Å². The van der Waals surface area contributed by atoms with E-state index in [4.69, 9.17) is 16.3 Å². The molecule has 1 heterocycles. The fourth-order valence-electron chi connectivity index (χ4n) is 1.41. The molecule has 0 aromatic carbocycles. The first-order chi connectivity index (χ1) is 9.25. The van der Waals surface area contributed by atoms with Crippen molar-refractivity contribution in [3.05, 3.63) is 23.5 Å². The molecule has 1 aromatic heterocycles. The van der Waals surface area contributed by atoms with Crippen LogP contribution in [0.5, 0.6) is 0 Å². The number of sulfone groups is 1. The maximum atomic E-state index is 11.8. The van der Waals surface area contributed by atoms with Gasteiger partial charge >= 0.3 is 131 Å². The molecule has 6 nitrogen and oxygen atoms in total. The average Bonchev–Trinajstić information content (AvgIpc) is 2.30. The molecule has 0 bridgehead atoms. The molecule has 0 fully saturated rings. The van der Waals surface area contributed by atoms with Gasteiger partial charge in [-0.25, -0.2) is 0 Å². The quantitative estimate of drug-likeness (QED) is 0.243. The number of aromatic nitrogens is 1. The zero-order valence-electron chi connectivity index (χ0n) is 11.3. The Bertz CT molecular complexity index is 564. The zero-order chi connectivity index (χ0) is 15.3. The van der Waals surface area contributed by atoms with Crippen molar-refractivity contribution in [2.45, 2.75) is 10.2 Å². The van der Waals surface area contributed by atoms with E-state index >= 15 is 0 Å². The molecule has 0 amide bonds. The second kappa shape index (κ2) is 7.41. The SMILES string of the molecule is CCOC(=O)C(I(C)Nc1ccc(Cl)nc1)S(C)(=O)=O. The minimum atomic E-state index is -3.53. The summed E-state index contributed by atoms with van der Waals surface area (Å²) in [5.74, 6) is -0.697. The van der Waals surface area contributed by atoms with E-state index < -0.39 is 39.2 Å². The first-order valence-corrected chi connectivity index (χ1v) is 12.4. The molecule has 0 radical (unpaired) electrons. The Hall–Kier alpha value is -0.610. The molecule has 1 rings (SSSR count). The number of alkyl halides is 2. The minimum absolute atomic E-state index is 0.150. The van der Waals surface area contributed by atoms with Crippen LogP contribution in [0, 0.1) is 0 Å². The summed E-state index contributed by atoms with van der Waals surface area (Å²) in [4.78, 5) is 17.5. The van der Waals surface area contributed by atoms with Crippen molar-refractivity contribution in [3.8, 4) is 0 Å². The molecule has 0 saturated carbocycles. The van der Waals surface area contributed by atoms with Gasteiger partial charge in [-0.05, 0) is 0 Å². The number of carbonyl (C=O) groups is 1. The van der Waals surface area contributed by atoms with Gasteiger partial charge in [0.05, 0.1) is 0 Å². The third kappa shape index (κ3) is 5.06. The number of hydrogen-bond donors (Lipinski definition) is 1. The molecule has 114 valence electrons. The van der Waals surface area contributed by atoms with Gasteiger partial charge in [0.15, 0.2) is 0 Å². The van der Waals surface area contributed by atoms with Gasteiger partial charge < -0.3 is 0 Å². The van der Waals surface area contributed by atoms with Gasteiger partial charge in [0.25, 0.3) is 0 Å². The van der Waals surface area contributed by atoms with E-state index in [0.717, 1.165) is 6.26 Å². The second-order valence-electron chi connectivity index (χ2n) is 3.88. The third-order valence-corrected chi connectivity index (χ3v) is 11.5. The van der Waals surface area contributed by atoms with E-state index in [0.29, 0.717) is 10.8 Å². The molecule has 1 unspecified atom stereocenters. The van der Waals surface area contributed by atoms with Gasteiger partial charge in [0, 0.05) is 0 Å². The van der Waals surface area contributed by atoms with Crippen molar-refractivity contribution in [3.63, 3.8) is 0 Å². The second-order valence-corrected chi connectivity index (χ2v) is 12.0. The fourth-order valence-corrected chi connectivity index (χ4v) is 9.41. The number of rotatable bonds is 6. The van der Waals surface area contributed by atoms with E-state index in [1.165, 1.54) is 6.20 Å². The van der Waals surface area contributed by atoms with Gasteiger partial charge in [-0.3, -0.25) is 0 Å². The van der Waals surface area contributed by atoms with Gasteiger partial charge in [0.2, 0.25) is 0 Å². The Balaban J connectivity index is 2.91. The number of carbonyl (C=O) groups excluding carboxylic acids is 1. The van der Waals surface area contributed by atoms with Crippen LogP contribution in [0.15, 0.2) is 18.3 Å². The summed E-state index contributed by atoms with van der Waals surface area (Å²) in [6.07, 6.45) is 2.55. The average molecular weight is 435 g/mol. The summed E-state index contributed by atoms with van der Waals surface area (Å²) in [5.41, 5.74) is 0.639. The van der Waals surface area contributed by atoms with Crippen LogP contribution in [0.4, 0.5) is 5.69 Å². The molecule has 0 spiro atoms. The number of nitrogens with zero attached hydrogens (tertiary/aromatic N) is 1. The first-order valence-electron chi connectivity index (χ1n) is 5.58. The Kier molecular flexibility index (Phi) is 6.46. The molecular weight excluding hydrogens is 419 g/mol. The van der Waals surface area contributed by atoms with Crippen LogP contribution in [0.25, 0.3) is 0 Å². The molecule has 0 aliphatic rings. The van der Waals surface area contributed by atoms with Crippen molar-refractivity contribution < 1.29 is 17.9 Å². The van der Waals surface area contributed by atoms with Crippen molar-refractivity contribution in [1.82, 2.24) is 4.98 Å². The fraction of sp³-hybridized carbons (Fsp3) is 0.455. The number of halogens is 2. The first kappa shape index (κ1) is 17.4. The molecule has 1 N–H and O–H groups in total. The molecular formula is C11H16ClIN2O4S. The summed E-state index contributed by atoms with van der Waals surface area (Å²) in [5, 5.41) is 0.344. The number of hydrogen-bond acceptors (Lipinski definition) is 6. The van der Waals surface area contributed by atoms with Crippen LogP contribution >= 0.6 is 31.7 Å². The monoisotopic (exact) mass is 434 g/mol. The molecule has 0 saturated heterocycles. The van der Waals surface area contributed by atoms with Crippen molar-refractivity contribution >= 4 is 53.2 Å². The Morgan fingerprint density at radius 3 is 2.65 bits per heavy atom. The van der Waals surface area contributed by atoms with E-state index in [2.05, 4.69) is 8.51 Å². The standard InChI is InChI=1S/C11H16ClIN2O4S/c1-4-19-11(16)10(20(3,17)18)13(2)15-8-5-6-9(12)14-7-8/h5-7,10,15H,4H2,1-3H3. The predicted octanol–water partition coefficient (Wildman–Crippen LogP) is 2.13. The molecule has 0 aliphatic heterocycles. The molecule has 20 heavy (non-hydrogen) atoms. The topological polar surface area (TPSA) is 85.4 Å². The Labute approximate surface area is 130 Å². The van der Waals surface area contributed by atoms with E-state index in [1.807, 2.05) is 0 Å². The summed E-state index contributed by atoms with van der Waals surface area (Å²) in [6, 6.07) is 3.28. The number of nitrogens with one attached hydrogen (secondary N) is 1. The summed E-state index contributed by atoms with van der Waals surface area (Å²) < 4.78 is 30.4. The Morgan fingerprint density at radius 2 is 2.20 bits per heavy atom. The summed E-state index contributed by atoms with van der Waals surface area (Å²) >= 11 is 3.32. The molecule has 1 aromatic rings. The van der Waals surface area contributed by atoms with Gasteiger partial charge in [0.1, 0.15) is 0 Å². The van der Waals surface area contributed by atoms with Crippen molar-refractivity contribution in [1.29, 1.82) is 0 Å². The zero-order valence-corrected chi connectivity index (χ0v) is 15.0. The maximum absolute atomic E-state index is 11.8. The third-order valence-electron chi connectivity index (χ3n) is 2.13. The van der Waals surface area contributed by atoms with Crippen LogP contribution in [-0.4, -0.2) is 40.4 Å². The van der Waals surface area contributed by atoms with Crippen LogP contribution in [0.1, 0.15) is 6.92 Å². The van der Waals surface area contributed by atoms with Gasteiger partial charge in [-0.2, -0.15) is 0 Å². The number of anilines is 1. The van der Waals surface area contributed by atoms with Crippen LogP contribution in [-0.2, 0) is 19.4 Å². The summed E-state index contributed by atoms with van der Waals surface area (Å²) in [7, 11) is -3.53. The van der Waals surface area contributed by atoms with E-state index in [1.54, 1.807) is 24.0 Å². The van der Waals surface area contributed by atoms with E-state index in [-0.39, 0.29) is 6.61 Å². The van der Waals surface area contributed by atoms with Crippen LogP contribution in [0.2, 0.25) is 5.15 Å². The number of pyridine rings is 1. The molecule has 9 heteroatoms. The van der Waals surface area contributed by atoms with Gasteiger partial charge in [-0.15, -0.1) is 0 Å². The van der Waals surface area contributed by atoms with Crippen LogP contribution in [0.3, 0.4) is 0 Å².